The molecule has 0 aliphatic carbocycles. The SMILES string of the molecule is COc1ccc(-c2nc(C(=O)N3CCCC3CN)cs2)cc1. The molecular formula is C16H19N3O2S. The fraction of sp³-hybridized carbons (Fsp3) is 0.375. The molecule has 1 fully saturated rings. The molecule has 1 aromatic heterocycles. The maximum Gasteiger partial charge on any atom is 0.273 e. The quantitative estimate of drug-likeness (QED) is 0.940. The van der Waals surface area contributed by atoms with E-state index in [0.29, 0.717) is 12.2 Å². The van der Waals surface area contributed by atoms with Crippen molar-refractivity contribution in [1.82, 2.24) is 9.88 Å². The smallest absolute Gasteiger partial charge is 0.273 e. The summed E-state index contributed by atoms with van der Waals surface area (Å²) in [6, 6.07) is 7.83. The van der Waals surface area contributed by atoms with E-state index in [1.807, 2.05) is 34.5 Å². The Balaban J connectivity index is 1.79. The molecule has 1 saturated heterocycles. The van der Waals surface area contributed by atoms with Gasteiger partial charge in [-0.05, 0) is 37.1 Å². The second-order valence-electron chi connectivity index (χ2n) is 5.30. The van der Waals surface area contributed by atoms with Gasteiger partial charge in [-0.1, -0.05) is 0 Å². The van der Waals surface area contributed by atoms with E-state index in [1.54, 1.807) is 7.11 Å². The van der Waals surface area contributed by atoms with Crippen molar-refractivity contribution in [2.75, 3.05) is 20.2 Å². The predicted molar refractivity (Wildman–Crippen MR) is 87.2 cm³/mol. The van der Waals surface area contributed by atoms with Crippen molar-refractivity contribution in [3.8, 4) is 16.3 Å². The summed E-state index contributed by atoms with van der Waals surface area (Å²) in [5.74, 6) is 0.795. The van der Waals surface area contributed by atoms with Crippen molar-refractivity contribution in [3.05, 3.63) is 35.3 Å². The second-order valence-corrected chi connectivity index (χ2v) is 6.15. The topological polar surface area (TPSA) is 68.5 Å². The lowest BCUT2D eigenvalue weighted by molar-refractivity contribution is 0.0736. The van der Waals surface area contributed by atoms with E-state index in [2.05, 4.69) is 4.98 Å². The Bertz CT molecular complexity index is 654. The molecule has 1 aromatic carbocycles. The molecule has 1 aliphatic rings. The van der Waals surface area contributed by atoms with Crippen LogP contribution < -0.4 is 10.5 Å². The molecule has 2 aromatic rings. The third kappa shape index (κ3) is 2.84. The first-order valence-corrected chi connectivity index (χ1v) is 8.22. The molecular weight excluding hydrogens is 298 g/mol. The Morgan fingerprint density at radius 3 is 2.91 bits per heavy atom. The van der Waals surface area contributed by atoms with Gasteiger partial charge in [-0.15, -0.1) is 11.3 Å². The Labute approximate surface area is 133 Å². The van der Waals surface area contributed by atoms with Crippen LogP contribution in [0.25, 0.3) is 10.6 Å². The highest BCUT2D eigenvalue weighted by Gasteiger charge is 2.29. The van der Waals surface area contributed by atoms with Gasteiger partial charge in [-0.25, -0.2) is 4.98 Å². The molecule has 2 heterocycles. The average Bonchev–Trinajstić information content (AvgIpc) is 3.23. The monoisotopic (exact) mass is 317 g/mol. The lowest BCUT2D eigenvalue weighted by atomic mass is 10.2. The van der Waals surface area contributed by atoms with Gasteiger partial charge >= 0.3 is 0 Å². The summed E-state index contributed by atoms with van der Waals surface area (Å²) >= 11 is 1.48. The minimum Gasteiger partial charge on any atom is -0.497 e. The van der Waals surface area contributed by atoms with E-state index >= 15 is 0 Å². The molecule has 0 radical (unpaired) electrons. The van der Waals surface area contributed by atoms with Gasteiger partial charge in [0.1, 0.15) is 16.5 Å². The number of methoxy groups -OCH3 is 1. The van der Waals surface area contributed by atoms with Crippen LogP contribution in [0.1, 0.15) is 23.3 Å². The number of ether oxygens (including phenoxy) is 1. The number of nitrogens with zero attached hydrogens (tertiary/aromatic N) is 2. The van der Waals surface area contributed by atoms with Crippen LogP contribution in [0, 0.1) is 0 Å². The van der Waals surface area contributed by atoms with Crippen molar-refractivity contribution in [2.45, 2.75) is 18.9 Å². The van der Waals surface area contributed by atoms with Crippen LogP contribution in [0.4, 0.5) is 0 Å². The number of carbonyl (C=O) groups excluding carboxylic acids is 1. The van der Waals surface area contributed by atoms with Gasteiger partial charge in [0, 0.05) is 30.1 Å². The van der Waals surface area contributed by atoms with Crippen molar-refractivity contribution < 1.29 is 9.53 Å². The summed E-state index contributed by atoms with van der Waals surface area (Å²) in [5, 5.41) is 2.67. The number of rotatable bonds is 4. The van der Waals surface area contributed by atoms with Gasteiger partial charge in [-0.3, -0.25) is 4.79 Å². The highest BCUT2D eigenvalue weighted by molar-refractivity contribution is 7.13. The van der Waals surface area contributed by atoms with Crippen molar-refractivity contribution in [1.29, 1.82) is 0 Å². The highest BCUT2D eigenvalue weighted by atomic mass is 32.1. The lowest BCUT2D eigenvalue weighted by Gasteiger charge is -2.22. The number of hydrogen-bond donors (Lipinski definition) is 1. The molecule has 5 nitrogen and oxygen atoms in total. The molecule has 1 atom stereocenters. The zero-order valence-electron chi connectivity index (χ0n) is 12.5. The number of thiazole rings is 1. The first-order chi connectivity index (χ1) is 10.7. The van der Waals surface area contributed by atoms with Gasteiger partial charge in [0.05, 0.1) is 7.11 Å². The fourth-order valence-corrected chi connectivity index (χ4v) is 3.53. The minimum atomic E-state index is -0.0102. The summed E-state index contributed by atoms with van der Waals surface area (Å²) in [6.45, 7) is 1.29. The normalized spacial score (nSPS) is 17.7. The standard InChI is InChI=1S/C16H19N3O2S/c1-21-13-6-4-11(5-7-13)15-18-14(10-22-15)16(20)19-8-2-3-12(19)9-17/h4-7,10,12H,2-3,8-9,17H2,1H3. The van der Waals surface area contributed by atoms with Crippen LogP contribution in [0.15, 0.2) is 29.6 Å². The van der Waals surface area contributed by atoms with E-state index < -0.39 is 0 Å². The Morgan fingerprint density at radius 1 is 1.45 bits per heavy atom. The zero-order chi connectivity index (χ0) is 15.5. The molecule has 1 unspecified atom stereocenters. The van der Waals surface area contributed by atoms with E-state index in [4.69, 9.17) is 10.5 Å². The molecule has 6 heteroatoms. The predicted octanol–water partition coefficient (Wildman–Crippen LogP) is 2.38. The summed E-state index contributed by atoms with van der Waals surface area (Å²) < 4.78 is 5.15. The highest BCUT2D eigenvalue weighted by Crippen LogP contribution is 2.27. The number of benzene rings is 1. The summed E-state index contributed by atoms with van der Waals surface area (Å²) in [6.07, 6.45) is 2.00. The number of aromatic nitrogens is 1. The molecule has 116 valence electrons. The maximum absolute atomic E-state index is 12.6. The Kier molecular flexibility index (Phi) is 4.40. The van der Waals surface area contributed by atoms with Gasteiger partial charge in [0.15, 0.2) is 0 Å². The van der Waals surface area contributed by atoms with Crippen LogP contribution in [0.5, 0.6) is 5.75 Å². The number of amides is 1. The molecule has 22 heavy (non-hydrogen) atoms. The first kappa shape index (κ1) is 15.0. The summed E-state index contributed by atoms with van der Waals surface area (Å²) in [5.41, 5.74) is 7.24. The molecule has 1 aliphatic heterocycles. The number of hydrogen-bond acceptors (Lipinski definition) is 5. The summed E-state index contributed by atoms with van der Waals surface area (Å²) in [4.78, 5) is 18.9. The van der Waals surface area contributed by atoms with E-state index in [0.717, 1.165) is 35.7 Å². The molecule has 1 amide bonds. The molecule has 0 bridgehead atoms. The molecule has 2 N–H and O–H groups in total. The van der Waals surface area contributed by atoms with Crippen molar-refractivity contribution in [3.63, 3.8) is 0 Å². The van der Waals surface area contributed by atoms with E-state index in [1.165, 1.54) is 11.3 Å². The van der Waals surface area contributed by atoms with Crippen molar-refractivity contribution in [2.24, 2.45) is 5.73 Å². The summed E-state index contributed by atoms with van der Waals surface area (Å²) in [7, 11) is 1.64. The van der Waals surface area contributed by atoms with Gasteiger partial charge in [-0.2, -0.15) is 0 Å². The number of likely N-dealkylation sites (tertiary alicyclic amines) is 1. The zero-order valence-corrected chi connectivity index (χ0v) is 13.3. The lowest BCUT2D eigenvalue weighted by Crippen LogP contribution is -2.40. The third-order valence-electron chi connectivity index (χ3n) is 3.97. The van der Waals surface area contributed by atoms with Crippen molar-refractivity contribution >= 4 is 17.2 Å². The van der Waals surface area contributed by atoms with E-state index in [9.17, 15) is 4.79 Å². The Morgan fingerprint density at radius 2 is 2.23 bits per heavy atom. The molecule has 0 spiro atoms. The van der Waals surface area contributed by atoms with Crippen LogP contribution in [-0.2, 0) is 0 Å². The van der Waals surface area contributed by atoms with Crippen LogP contribution in [0.2, 0.25) is 0 Å². The molecule has 0 saturated carbocycles. The third-order valence-corrected chi connectivity index (χ3v) is 4.86. The first-order valence-electron chi connectivity index (χ1n) is 7.34. The van der Waals surface area contributed by atoms with Crippen LogP contribution >= 0.6 is 11.3 Å². The van der Waals surface area contributed by atoms with Crippen LogP contribution in [0.3, 0.4) is 0 Å². The largest absolute Gasteiger partial charge is 0.497 e. The Hall–Kier alpha value is -1.92. The fourth-order valence-electron chi connectivity index (χ4n) is 2.73. The number of nitrogens with two attached hydrogens (primary N) is 1. The van der Waals surface area contributed by atoms with Gasteiger partial charge in [0.25, 0.3) is 5.91 Å². The second kappa shape index (κ2) is 6.46. The van der Waals surface area contributed by atoms with Gasteiger partial charge in [0.2, 0.25) is 0 Å². The average molecular weight is 317 g/mol. The van der Waals surface area contributed by atoms with Gasteiger partial charge < -0.3 is 15.4 Å². The van der Waals surface area contributed by atoms with E-state index in [-0.39, 0.29) is 11.9 Å². The minimum absolute atomic E-state index is 0.0102. The number of carbonyl (C=O) groups is 1. The molecule has 3 rings (SSSR count). The van der Waals surface area contributed by atoms with Crippen LogP contribution in [-0.4, -0.2) is 42.0 Å². The maximum atomic E-state index is 12.6.